The molecule has 0 bridgehead atoms. The maximum atomic E-state index is 12.9. The fraction of sp³-hybridized carbons (Fsp3) is 0.333. The van der Waals surface area contributed by atoms with E-state index in [0.717, 1.165) is 72.4 Å². The van der Waals surface area contributed by atoms with Crippen LogP contribution in [0.2, 0.25) is 0 Å². The van der Waals surface area contributed by atoms with Gasteiger partial charge in [-0.25, -0.2) is 38.8 Å². The molecule has 8 aromatic rings. The smallest absolute Gasteiger partial charge is 0.417 e. The van der Waals surface area contributed by atoms with E-state index in [4.69, 9.17) is 18.9 Å². The first-order chi connectivity index (χ1) is 52.5. The number of aliphatic hydroxyl groups excluding tert-OH is 1. The predicted octanol–water partition coefficient (Wildman–Crippen LogP) is 19.6. The first-order valence-electron chi connectivity index (χ1n) is 37.7. The minimum atomic E-state index is -0.703. The lowest BCUT2D eigenvalue weighted by atomic mass is 9.99. The van der Waals surface area contributed by atoms with Gasteiger partial charge in [0.25, 0.3) is 17.7 Å². The van der Waals surface area contributed by atoms with E-state index in [2.05, 4.69) is 104 Å². The van der Waals surface area contributed by atoms with Gasteiger partial charge in [0.05, 0.1) is 30.0 Å². The van der Waals surface area contributed by atoms with Gasteiger partial charge in [-0.1, -0.05) is 225 Å². The largest absolute Gasteiger partial charge is 0.515 e. The molecule has 4 fully saturated rings. The second-order valence-corrected chi connectivity index (χ2v) is 32.4. The molecule has 4 aliphatic heterocycles. The molecule has 111 heavy (non-hydrogen) atoms. The summed E-state index contributed by atoms with van der Waals surface area (Å²) < 4.78 is 21.7. The van der Waals surface area contributed by atoms with Crippen molar-refractivity contribution in [2.45, 2.75) is 187 Å². The number of rotatable bonds is 13. The number of hydrogen-bond acceptors (Lipinski definition) is 14. The SMILES string of the molecule is C=C1C[C@@H](Cc2ccc(-c3ccccc3)cc2)N(C(=O)OC(C)(C)C)C1=O.CC(C)(C)OC(=O)N1C(=O)C(=CO)C[C@H]1Cc1ccc(-c2ccccc2)cc1.CC(C)(C)OC(=O)N1C(=O)CC[C@H]1Cc1ccc(-c2ccccc2)cc1.CN(C)C=C1C[C@@H](Cc2ccc(-c3ccccc3)cc2)N(C(=O)OC(C)(C)C)C1=O. The van der Waals surface area contributed by atoms with E-state index >= 15 is 0 Å². The highest BCUT2D eigenvalue weighted by molar-refractivity contribution is 6.06. The fourth-order valence-electron chi connectivity index (χ4n) is 13.4. The Labute approximate surface area is 654 Å². The monoisotopic (exact) mass is 1500 g/mol. The van der Waals surface area contributed by atoms with Gasteiger partial charge in [0.1, 0.15) is 22.4 Å². The Bertz CT molecular complexity index is 4610. The van der Waals surface area contributed by atoms with Crippen LogP contribution in [0.4, 0.5) is 19.2 Å². The van der Waals surface area contributed by atoms with Crippen LogP contribution in [-0.2, 0) is 63.8 Å². The van der Waals surface area contributed by atoms with Crippen molar-refractivity contribution in [2.24, 2.45) is 0 Å². The van der Waals surface area contributed by atoms with Crippen LogP contribution in [0, 0.1) is 0 Å². The molecular weight excluding hydrogens is 1400 g/mol. The summed E-state index contributed by atoms with van der Waals surface area (Å²) in [5.41, 5.74) is 12.1. The van der Waals surface area contributed by atoms with Crippen molar-refractivity contribution in [3.63, 3.8) is 0 Å². The maximum absolute atomic E-state index is 12.9. The zero-order valence-corrected chi connectivity index (χ0v) is 66.4. The highest BCUT2D eigenvalue weighted by atomic mass is 16.6. The Kier molecular flexibility index (Phi) is 27.6. The summed E-state index contributed by atoms with van der Waals surface area (Å²) in [6, 6.07) is 72.4. The van der Waals surface area contributed by atoms with Gasteiger partial charge in [-0.2, -0.15) is 0 Å². The number of ether oxygens (including phenoxy) is 4. The van der Waals surface area contributed by atoms with E-state index in [1.54, 1.807) is 68.5 Å². The number of benzene rings is 8. The zero-order chi connectivity index (χ0) is 80.5. The average molecular weight is 1500 g/mol. The fourth-order valence-corrected chi connectivity index (χ4v) is 13.4. The number of aliphatic hydroxyl groups is 1. The van der Waals surface area contributed by atoms with Gasteiger partial charge >= 0.3 is 24.4 Å². The predicted molar refractivity (Wildman–Crippen MR) is 435 cm³/mol. The molecule has 18 heteroatoms. The van der Waals surface area contributed by atoms with Crippen LogP contribution in [0.3, 0.4) is 0 Å². The van der Waals surface area contributed by atoms with Crippen LogP contribution in [0.1, 0.15) is 137 Å². The van der Waals surface area contributed by atoms with Crippen LogP contribution < -0.4 is 0 Å². The Morgan fingerprint density at radius 3 is 0.910 bits per heavy atom. The van der Waals surface area contributed by atoms with Crippen molar-refractivity contribution in [3.8, 4) is 44.5 Å². The summed E-state index contributed by atoms with van der Waals surface area (Å²) in [6.45, 7) is 25.3. The molecule has 580 valence electrons. The topological polar surface area (TPSA) is 210 Å². The van der Waals surface area contributed by atoms with Gasteiger partial charge in [-0.3, -0.25) is 19.2 Å². The Morgan fingerprint density at radius 2 is 0.622 bits per heavy atom. The molecule has 4 saturated heterocycles. The van der Waals surface area contributed by atoms with Crippen LogP contribution in [0.5, 0.6) is 0 Å². The second kappa shape index (κ2) is 36.7. The average Bonchev–Trinajstić information content (AvgIpc) is 1.67. The number of carbonyl (C=O) groups excluding carboxylic acids is 8. The van der Waals surface area contributed by atoms with Crippen molar-refractivity contribution >= 4 is 48.0 Å². The van der Waals surface area contributed by atoms with Gasteiger partial charge in [0.15, 0.2) is 0 Å². The summed E-state index contributed by atoms with van der Waals surface area (Å²) in [5, 5.41) is 9.35. The molecule has 0 spiro atoms. The molecule has 0 radical (unpaired) electrons. The van der Waals surface area contributed by atoms with Crippen molar-refractivity contribution in [1.82, 2.24) is 24.5 Å². The number of likely N-dealkylation sites (tertiary alicyclic amines) is 4. The number of hydrogen-bond donors (Lipinski definition) is 1. The Balaban J connectivity index is 0.000000170. The summed E-state index contributed by atoms with van der Waals surface area (Å²) in [4.78, 5) is 107. The van der Waals surface area contributed by atoms with Gasteiger partial charge < -0.3 is 29.0 Å². The number of amides is 8. The molecule has 0 aliphatic carbocycles. The molecular formula is C93H105N5O13. The minimum absolute atomic E-state index is 0.139. The summed E-state index contributed by atoms with van der Waals surface area (Å²) in [6.07, 6.45) is 4.86. The number of imide groups is 4. The van der Waals surface area contributed by atoms with E-state index in [0.29, 0.717) is 68.9 Å². The molecule has 4 aliphatic rings. The maximum Gasteiger partial charge on any atom is 0.417 e. The van der Waals surface area contributed by atoms with Crippen LogP contribution in [-0.4, -0.2) is 138 Å². The summed E-state index contributed by atoms with van der Waals surface area (Å²) >= 11 is 0. The molecule has 8 amide bonds. The second-order valence-electron chi connectivity index (χ2n) is 32.4. The molecule has 0 unspecified atom stereocenters. The lowest BCUT2D eigenvalue weighted by Crippen LogP contribution is -2.43. The quantitative estimate of drug-likeness (QED) is 0.0647. The molecule has 1 N–H and O–H groups in total. The van der Waals surface area contributed by atoms with E-state index < -0.39 is 52.7 Å². The van der Waals surface area contributed by atoms with E-state index in [-0.39, 0.29) is 47.5 Å². The van der Waals surface area contributed by atoms with Gasteiger partial charge in [-0.05, 0) is 188 Å². The summed E-state index contributed by atoms with van der Waals surface area (Å²) in [7, 11) is 3.74. The van der Waals surface area contributed by atoms with Crippen molar-refractivity contribution in [1.29, 1.82) is 0 Å². The van der Waals surface area contributed by atoms with Crippen molar-refractivity contribution in [2.75, 3.05) is 14.1 Å². The lowest BCUT2D eigenvalue weighted by molar-refractivity contribution is -0.128. The molecule has 0 saturated carbocycles. The third-order valence-corrected chi connectivity index (χ3v) is 18.4. The molecule has 4 atom stereocenters. The summed E-state index contributed by atoms with van der Waals surface area (Å²) in [5.74, 6) is -1.26. The first-order valence-corrected chi connectivity index (χ1v) is 37.7. The van der Waals surface area contributed by atoms with Crippen molar-refractivity contribution < 1.29 is 62.4 Å². The standard InChI is InChI=1S/C25H30N2O3.C23H25NO4.C23H25NO3.C22H25NO3/c1-25(2,3)30-24(29)27-22(16-21(23(27)28)17-26(4)5)15-18-11-13-20(14-12-18)19-9-7-6-8-10-19;1-23(2,3)28-22(27)24-20(14-19(15-25)21(24)26)13-16-9-11-18(12-10-16)17-7-5-4-6-8-17;1-16-14-20(24(21(16)25)22(26)27-23(2,3)4)15-17-10-12-19(13-11-17)18-8-6-5-7-9-18;1-22(2,3)26-21(25)23-19(13-14-20(23)24)15-16-9-11-18(12-10-16)17-7-5-4-6-8-17/h6-14,17,22H,15-16H2,1-5H3;4-12,15,20,25H,13-14H2,1-3H3;5-13,20H,1,14-15H2,2-4H3;4-12,19H,13-15H2,1-3H3/t22-;2*20-;19-/m1100/s1. The van der Waals surface area contributed by atoms with E-state index in [1.165, 1.54) is 20.3 Å². The normalized spacial score (nSPS) is 17.8. The molecule has 4 heterocycles. The van der Waals surface area contributed by atoms with Crippen LogP contribution in [0.15, 0.2) is 254 Å². The third-order valence-electron chi connectivity index (χ3n) is 18.4. The van der Waals surface area contributed by atoms with Gasteiger partial charge in [0.2, 0.25) is 5.91 Å². The van der Waals surface area contributed by atoms with Gasteiger partial charge in [0, 0.05) is 56.7 Å². The van der Waals surface area contributed by atoms with Crippen LogP contribution >= 0.6 is 0 Å². The van der Waals surface area contributed by atoms with E-state index in [1.807, 2.05) is 161 Å². The van der Waals surface area contributed by atoms with Crippen molar-refractivity contribution in [3.05, 3.63) is 276 Å². The number of nitrogens with zero attached hydrogens (tertiary/aromatic N) is 5. The molecule has 12 rings (SSSR count). The minimum Gasteiger partial charge on any atom is -0.515 e. The Morgan fingerprint density at radius 1 is 0.369 bits per heavy atom. The molecule has 18 nitrogen and oxygen atoms in total. The highest BCUT2D eigenvalue weighted by Crippen LogP contribution is 2.35. The van der Waals surface area contributed by atoms with Gasteiger partial charge in [-0.15, -0.1) is 0 Å². The lowest BCUT2D eigenvalue weighted by Gasteiger charge is -2.27. The third kappa shape index (κ3) is 23.9. The van der Waals surface area contributed by atoms with Crippen LogP contribution in [0.25, 0.3) is 44.5 Å². The molecule has 8 aromatic carbocycles. The number of carbonyl (C=O) groups is 8. The zero-order valence-electron chi connectivity index (χ0n) is 66.4. The van der Waals surface area contributed by atoms with E-state index in [9.17, 15) is 43.5 Å². The first kappa shape index (κ1) is 83.4. The molecule has 0 aromatic heterocycles. The Hall–Kier alpha value is -11.7. The highest BCUT2D eigenvalue weighted by Gasteiger charge is 2.45.